The molecule has 0 N–H and O–H groups in total. The summed E-state index contributed by atoms with van der Waals surface area (Å²) >= 11 is 5.79. The zero-order chi connectivity index (χ0) is 16.2. The van der Waals surface area contributed by atoms with Crippen LogP contribution in [0.2, 0.25) is 5.02 Å². The van der Waals surface area contributed by atoms with Crippen molar-refractivity contribution in [1.82, 2.24) is 0 Å². The van der Waals surface area contributed by atoms with Crippen LogP contribution >= 0.6 is 11.6 Å². The van der Waals surface area contributed by atoms with Crippen LogP contribution in [0.15, 0.2) is 66.1 Å². The number of anilines is 1. The molecule has 0 saturated heterocycles. The van der Waals surface area contributed by atoms with Crippen molar-refractivity contribution in [2.75, 3.05) is 18.0 Å². The molecule has 2 rings (SSSR count). The molecule has 0 unspecified atom stereocenters. The summed E-state index contributed by atoms with van der Waals surface area (Å²) < 4.78 is 31.7. The average molecular weight is 338 g/mol. The van der Waals surface area contributed by atoms with E-state index in [1.54, 1.807) is 42.5 Å². The summed E-state index contributed by atoms with van der Waals surface area (Å²) in [5.41, 5.74) is 0.543. The van der Waals surface area contributed by atoms with Gasteiger partial charge in [-0.05, 0) is 48.5 Å². The van der Waals surface area contributed by atoms with E-state index >= 15 is 0 Å². The quantitative estimate of drug-likeness (QED) is 0.754. The molecule has 0 atom stereocenters. The van der Waals surface area contributed by atoms with Gasteiger partial charge in [-0.3, -0.25) is 4.31 Å². The Hall–Kier alpha value is -1.98. The van der Waals surface area contributed by atoms with Crippen LogP contribution in [-0.4, -0.2) is 22.1 Å². The fourth-order valence-corrected chi connectivity index (χ4v) is 3.13. The molecule has 0 heterocycles. The fraction of sp³-hybridized carbons (Fsp3) is 0.125. The number of hydrogen-bond acceptors (Lipinski definition) is 3. The first-order valence-electron chi connectivity index (χ1n) is 6.53. The molecule has 22 heavy (non-hydrogen) atoms. The van der Waals surface area contributed by atoms with Crippen LogP contribution < -0.4 is 9.04 Å². The van der Waals surface area contributed by atoms with Gasteiger partial charge in [-0.1, -0.05) is 24.3 Å². The first-order chi connectivity index (χ1) is 10.4. The van der Waals surface area contributed by atoms with Crippen LogP contribution in [0.4, 0.5) is 5.69 Å². The third-order valence-electron chi connectivity index (χ3n) is 3.04. The zero-order valence-corrected chi connectivity index (χ0v) is 13.6. The Morgan fingerprint density at radius 3 is 2.27 bits per heavy atom. The van der Waals surface area contributed by atoms with E-state index in [1.807, 2.05) is 0 Å². The largest absolute Gasteiger partial charge is 0.490 e. The predicted octanol–water partition coefficient (Wildman–Crippen LogP) is 3.73. The molecule has 0 aliphatic heterocycles. The molecule has 116 valence electrons. The van der Waals surface area contributed by atoms with Crippen molar-refractivity contribution in [2.24, 2.45) is 0 Å². The van der Waals surface area contributed by atoms with E-state index in [1.165, 1.54) is 23.5 Å². The number of benzene rings is 2. The summed E-state index contributed by atoms with van der Waals surface area (Å²) in [6.45, 7) is 3.97. The number of ether oxygens (including phenoxy) is 1. The van der Waals surface area contributed by atoms with Crippen molar-refractivity contribution < 1.29 is 13.2 Å². The molecule has 0 aliphatic carbocycles. The van der Waals surface area contributed by atoms with E-state index in [2.05, 4.69) is 6.58 Å². The Labute approximate surface area is 135 Å². The van der Waals surface area contributed by atoms with Crippen molar-refractivity contribution >= 4 is 27.3 Å². The maximum absolute atomic E-state index is 12.5. The summed E-state index contributed by atoms with van der Waals surface area (Å²) in [7, 11) is -2.12. The van der Waals surface area contributed by atoms with Crippen LogP contribution in [0, 0.1) is 0 Å². The number of nitrogens with zero attached hydrogens (tertiary/aromatic N) is 1. The number of sulfonamides is 1. The third kappa shape index (κ3) is 3.61. The number of halogens is 1. The van der Waals surface area contributed by atoms with E-state index in [-0.39, 0.29) is 4.90 Å². The highest BCUT2D eigenvalue weighted by Crippen LogP contribution is 2.25. The second-order valence-electron chi connectivity index (χ2n) is 4.52. The predicted molar refractivity (Wildman–Crippen MR) is 89.2 cm³/mol. The lowest BCUT2D eigenvalue weighted by Gasteiger charge is -2.19. The van der Waals surface area contributed by atoms with Gasteiger partial charge < -0.3 is 4.74 Å². The van der Waals surface area contributed by atoms with Gasteiger partial charge in [0.15, 0.2) is 0 Å². The van der Waals surface area contributed by atoms with Crippen LogP contribution in [0.5, 0.6) is 5.75 Å². The highest BCUT2D eigenvalue weighted by molar-refractivity contribution is 7.92. The van der Waals surface area contributed by atoms with Crippen molar-refractivity contribution in [3.8, 4) is 5.75 Å². The second-order valence-corrected chi connectivity index (χ2v) is 6.93. The van der Waals surface area contributed by atoms with Crippen LogP contribution in [0.3, 0.4) is 0 Å². The van der Waals surface area contributed by atoms with E-state index < -0.39 is 10.0 Å². The van der Waals surface area contributed by atoms with Gasteiger partial charge in [0.25, 0.3) is 10.0 Å². The lowest BCUT2D eigenvalue weighted by molar-refractivity contribution is 0.363. The van der Waals surface area contributed by atoms with Gasteiger partial charge in [-0.15, -0.1) is 0 Å². The first kappa shape index (κ1) is 16.4. The number of rotatable bonds is 6. The minimum atomic E-state index is -3.62. The van der Waals surface area contributed by atoms with Crippen LogP contribution in [0.1, 0.15) is 0 Å². The molecular weight excluding hydrogens is 322 g/mol. The van der Waals surface area contributed by atoms with Gasteiger partial charge in [0, 0.05) is 12.1 Å². The monoisotopic (exact) mass is 337 g/mol. The fourth-order valence-electron chi connectivity index (χ4n) is 1.81. The minimum absolute atomic E-state index is 0.186. The maximum Gasteiger partial charge on any atom is 0.264 e. The molecule has 0 aromatic heterocycles. The summed E-state index contributed by atoms with van der Waals surface area (Å²) in [6.07, 6.45) is 1.64. The molecule has 0 saturated carbocycles. The van der Waals surface area contributed by atoms with Crippen LogP contribution in [0.25, 0.3) is 0 Å². The Bertz CT molecular complexity index is 740. The summed E-state index contributed by atoms with van der Waals surface area (Å²) in [5, 5.41) is 0.491. The summed E-state index contributed by atoms with van der Waals surface area (Å²) in [5.74, 6) is 0.654. The second kappa shape index (κ2) is 6.85. The van der Waals surface area contributed by atoms with Crippen molar-refractivity contribution in [3.05, 3.63) is 66.2 Å². The van der Waals surface area contributed by atoms with E-state index in [0.29, 0.717) is 23.1 Å². The van der Waals surface area contributed by atoms with Crippen LogP contribution in [-0.2, 0) is 10.0 Å². The highest BCUT2D eigenvalue weighted by atomic mass is 35.5. The van der Waals surface area contributed by atoms with Gasteiger partial charge in [-0.25, -0.2) is 8.42 Å². The maximum atomic E-state index is 12.5. The molecule has 0 aliphatic rings. The Balaban J connectivity index is 2.24. The molecule has 0 fully saturated rings. The van der Waals surface area contributed by atoms with E-state index in [9.17, 15) is 8.42 Å². The smallest absolute Gasteiger partial charge is 0.264 e. The van der Waals surface area contributed by atoms with Crippen molar-refractivity contribution in [2.45, 2.75) is 4.90 Å². The molecule has 0 amide bonds. The van der Waals surface area contributed by atoms with Gasteiger partial charge in [-0.2, -0.15) is 0 Å². The topological polar surface area (TPSA) is 46.6 Å². The van der Waals surface area contributed by atoms with Gasteiger partial charge in [0.2, 0.25) is 0 Å². The molecule has 2 aromatic carbocycles. The molecule has 0 radical (unpaired) electrons. The normalized spacial score (nSPS) is 11.0. The van der Waals surface area contributed by atoms with Gasteiger partial charge in [0.05, 0.1) is 10.6 Å². The lowest BCUT2D eigenvalue weighted by atomic mass is 10.3. The standard InChI is InChI=1S/C16H16ClNO3S/c1-3-12-21-15-8-6-14(7-9-15)18(2)22(19,20)16-10-4-13(17)5-11-16/h3-11H,1,12H2,2H3. The molecule has 6 heteroatoms. The molecular formula is C16H16ClNO3S. The third-order valence-corrected chi connectivity index (χ3v) is 5.09. The SMILES string of the molecule is C=CCOc1ccc(N(C)S(=O)(=O)c2ccc(Cl)cc2)cc1. The lowest BCUT2D eigenvalue weighted by Crippen LogP contribution is -2.26. The molecule has 2 aromatic rings. The van der Waals surface area contributed by atoms with Crippen molar-refractivity contribution in [1.29, 1.82) is 0 Å². The van der Waals surface area contributed by atoms with Crippen molar-refractivity contribution in [3.63, 3.8) is 0 Å². The minimum Gasteiger partial charge on any atom is -0.490 e. The first-order valence-corrected chi connectivity index (χ1v) is 8.35. The highest BCUT2D eigenvalue weighted by Gasteiger charge is 2.21. The summed E-state index contributed by atoms with van der Waals surface area (Å²) in [4.78, 5) is 0.186. The Kier molecular flexibility index (Phi) is 5.11. The Morgan fingerprint density at radius 1 is 1.14 bits per heavy atom. The van der Waals surface area contributed by atoms with Gasteiger partial charge in [0.1, 0.15) is 12.4 Å². The average Bonchev–Trinajstić information content (AvgIpc) is 2.53. The van der Waals surface area contributed by atoms with E-state index in [0.717, 1.165) is 0 Å². The Morgan fingerprint density at radius 2 is 1.73 bits per heavy atom. The molecule has 4 nitrogen and oxygen atoms in total. The molecule has 0 spiro atoms. The number of hydrogen-bond donors (Lipinski definition) is 0. The zero-order valence-electron chi connectivity index (χ0n) is 12.1. The van der Waals surface area contributed by atoms with Gasteiger partial charge >= 0.3 is 0 Å². The summed E-state index contributed by atoms with van der Waals surface area (Å²) in [6, 6.07) is 12.9. The van der Waals surface area contributed by atoms with E-state index in [4.69, 9.17) is 16.3 Å². The molecule has 0 bridgehead atoms.